The number of carbonyl (C=O) groups is 2. The molecule has 31 heavy (non-hydrogen) atoms. The SMILES string of the molecule is Cc1cc(C(=O)NC2(C(=O)O)CCCCC2)c(=O)n(Cc2ccc(F)cc2)c1CCO. The maximum absolute atomic E-state index is 13.3. The van der Waals surface area contributed by atoms with E-state index in [1.807, 2.05) is 0 Å². The number of benzene rings is 1. The van der Waals surface area contributed by atoms with Crippen molar-refractivity contribution in [1.29, 1.82) is 0 Å². The van der Waals surface area contributed by atoms with E-state index < -0.39 is 28.8 Å². The number of nitrogens with one attached hydrogen (secondary N) is 1. The minimum absolute atomic E-state index is 0.0977. The molecule has 1 heterocycles. The second-order valence-corrected chi connectivity index (χ2v) is 8.08. The number of carbonyl (C=O) groups excluding carboxylic acids is 1. The van der Waals surface area contributed by atoms with Crippen LogP contribution in [-0.2, 0) is 17.8 Å². The highest BCUT2D eigenvalue weighted by atomic mass is 19.1. The van der Waals surface area contributed by atoms with E-state index in [1.54, 1.807) is 19.1 Å². The summed E-state index contributed by atoms with van der Waals surface area (Å²) >= 11 is 0. The van der Waals surface area contributed by atoms with Gasteiger partial charge in [0.2, 0.25) is 0 Å². The van der Waals surface area contributed by atoms with Crippen LogP contribution >= 0.6 is 0 Å². The third-order valence-electron chi connectivity index (χ3n) is 5.93. The van der Waals surface area contributed by atoms with Gasteiger partial charge in [-0.1, -0.05) is 31.4 Å². The molecule has 0 saturated heterocycles. The Balaban J connectivity index is 2.01. The van der Waals surface area contributed by atoms with Crippen LogP contribution in [0.5, 0.6) is 0 Å². The predicted octanol–water partition coefficient (Wildman–Crippen LogP) is 2.40. The first-order valence-electron chi connectivity index (χ1n) is 10.4. The summed E-state index contributed by atoms with van der Waals surface area (Å²) in [5.74, 6) is -2.22. The topological polar surface area (TPSA) is 109 Å². The van der Waals surface area contributed by atoms with Crippen LogP contribution < -0.4 is 10.9 Å². The first-order chi connectivity index (χ1) is 14.8. The summed E-state index contributed by atoms with van der Waals surface area (Å²) in [7, 11) is 0. The number of carboxylic acids is 1. The smallest absolute Gasteiger partial charge is 0.329 e. The Hall–Kier alpha value is -3.00. The zero-order valence-corrected chi connectivity index (χ0v) is 17.5. The molecule has 1 aromatic heterocycles. The van der Waals surface area contributed by atoms with Gasteiger partial charge in [-0.25, -0.2) is 9.18 Å². The van der Waals surface area contributed by atoms with Gasteiger partial charge >= 0.3 is 5.97 Å². The molecule has 2 aromatic rings. The number of nitrogens with zero attached hydrogens (tertiary/aromatic N) is 1. The number of amides is 1. The predicted molar refractivity (Wildman–Crippen MR) is 113 cm³/mol. The standard InChI is InChI=1S/C23H27FN2O5/c1-15-13-18(20(28)25-23(22(30)31)10-3-2-4-11-23)21(29)26(19(15)9-12-27)14-16-5-7-17(24)8-6-16/h5-8,13,27H,2-4,9-12,14H2,1H3,(H,25,28)(H,30,31). The maximum Gasteiger partial charge on any atom is 0.329 e. The zero-order valence-electron chi connectivity index (χ0n) is 17.5. The molecular formula is C23H27FN2O5. The summed E-state index contributed by atoms with van der Waals surface area (Å²) in [5.41, 5.74) is -0.233. The maximum atomic E-state index is 13.3. The zero-order chi connectivity index (χ0) is 22.6. The van der Waals surface area contributed by atoms with E-state index >= 15 is 0 Å². The monoisotopic (exact) mass is 430 g/mol. The first-order valence-corrected chi connectivity index (χ1v) is 10.4. The molecule has 3 rings (SSSR count). The van der Waals surface area contributed by atoms with Crippen LogP contribution in [-0.4, -0.2) is 38.8 Å². The molecule has 166 valence electrons. The van der Waals surface area contributed by atoms with Gasteiger partial charge in [-0.05, 0) is 49.1 Å². The molecule has 1 amide bonds. The third kappa shape index (κ3) is 4.85. The van der Waals surface area contributed by atoms with Crippen molar-refractivity contribution >= 4 is 11.9 Å². The first kappa shape index (κ1) is 22.7. The molecular weight excluding hydrogens is 403 g/mol. The number of carboxylic acid groups (broad SMARTS) is 1. The Morgan fingerprint density at radius 3 is 2.39 bits per heavy atom. The molecule has 1 fully saturated rings. The van der Waals surface area contributed by atoms with E-state index in [4.69, 9.17) is 0 Å². The third-order valence-corrected chi connectivity index (χ3v) is 5.93. The largest absolute Gasteiger partial charge is 0.480 e. The van der Waals surface area contributed by atoms with E-state index in [0.29, 0.717) is 42.5 Å². The number of aliphatic hydroxyl groups excluding tert-OH is 1. The van der Waals surface area contributed by atoms with Crippen molar-refractivity contribution in [3.8, 4) is 0 Å². The summed E-state index contributed by atoms with van der Waals surface area (Å²) in [6.07, 6.45) is 3.14. The van der Waals surface area contributed by atoms with Crippen molar-refractivity contribution in [3.05, 3.63) is 68.9 Å². The molecule has 0 bridgehead atoms. The fourth-order valence-corrected chi connectivity index (χ4v) is 4.22. The van der Waals surface area contributed by atoms with Crippen LogP contribution in [0.2, 0.25) is 0 Å². The number of rotatable bonds is 7. The Bertz CT molecular complexity index is 1020. The Morgan fingerprint density at radius 1 is 1.16 bits per heavy atom. The summed E-state index contributed by atoms with van der Waals surface area (Å²) < 4.78 is 14.7. The van der Waals surface area contributed by atoms with Crippen molar-refractivity contribution in [2.24, 2.45) is 0 Å². The summed E-state index contributed by atoms with van der Waals surface area (Å²) in [5, 5.41) is 21.8. The number of hydrogen-bond acceptors (Lipinski definition) is 4. The molecule has 1 saturated carbocycles. The lowest BCUT2D eigenvalue weighted by molar-refractivity contribution is -0.145. The van der Waals surface area contributed by atoms with Crippen molar-refractivity contribution in [2.75, 3.05) is 6.61 Å². The highest BCUT2D eigenvalue weighted by Gasteiger charge is 2.41. The lowest BCUT2D eigenvalue weighted by atomic mass is 9.81. The van der Waals surface area contributed by atoms with E-state index in [-0.39, 0.29) is 25.1 Å². The van der Waals surface area contributed by atoms with E-state index in [1.165, 1.54) is 22.8 Å². The van der Waals surface area contributed by atoms with Gasteiger partial charge in [-0.2, -0.15) is 0 Å². The number of halogens is 1. The summed E-state index contributed by atoms with van der Waals surface area (Å²) in [6.45, 7) is 1.65. The van der Waals surface area contributed by atoms with E-state index in [9.17, 15) is 29.0 Å². The van der Waals surface area contributed by atoms with Gasteiger partial charge in [0.1, 0.15) is 16.9 Å². The van der Waals surface area contributed by atoms with Gasteiger partial charge in [0.05, 0.1) is 6.54 Å². The Kier molecular flexibility index (Phi) is 6.90. The van der Waals surface area contributed by atoms with E-state index in [0.717, 1.165) is 6.42 Å². The van der Waals surface area contributed by atoms with Gasteiger partial charge in [0.25, 0.3) is 11.5 Å². The molecule has 0 radical (unpaired) electrons. The van der Waals surface area contributed by atoms with Crippen LogP contribution in [0.4, 0.5) is 4.39 Å². The average molecular weight is 430 g/mol. The van der Waals surface area contributed by atoms with Gasteiger partial charge in [0, 0.05) is 18.7 Å². The van der Waals surface area contributed by atoms with Crippen molar-refractivity contribution in [1.82, 2.24) is 9.88 Å². The molecule has 1 aliphatic carbocycles. The lowest BCUT2D eigenvalue weighted by Gasteiger charge is -2.34. The van der Waals surface area contributed by atoms with E-state index in [2.05, 4.69) is 5.32 Å². The van der Waals surface area contributed by atoms with Crippen LogP contribution in [0, 0.1) is 12.7 Å². The van der Waals surface area contributed by atoms with Gasteiger partial charge in [0.15, 0.2) is 0 Å². The number of aromatic nitrogens is 1. The normalized spacial score (nSPS) is 15.5. The summed E-state index contributed by atoms with van der Waals surface area (Å²) in [4.78, 5) is 38.2. The van der Waals surface area contributed by atoms with Gasteiger partial charge in [-0.15, -0.1) is 0 Å². The molecule has 0 unspecified atom stereocenters. The van der Waals surface area contributed by atoms with Crippen molar-refractivity contribution in [3.63, 3.8) is 0 Å². The second kappa shape index (κ2) is 9.43. The fourth-order valence-electron chi connectivity index (χ4n) is 4.22. The molecule has 3 N–H and O–H groups in total. The van der Waals surface area contributed by atoms with Crippen molar-refractivity contribution < 1.29 is 24.2 Å². The van der Waals surface area contributed by atoms with Crippen LogP contribution in [0.3, 0.4) is 0 Å². The highest BCUT2D eigenvalue weighted by molar-refractivity contribution is 5.97. The van der Waals surface area contributed by atoms with Crippen LogP contribution in [0.15, 0.2) is 35.1 Å². The van der Waals surface area contributed by atoms with Crippen LogP contribution in [0.25, 0.3) is 0 Å². The second-order valence-electron chi connectivity index (χ2n) is 8.08. The Labute approximate surface area is 179 Å². The Morgan fingerprint density at radius 2 is 1.81 bits per heavy atom. The van der Waals surface area contributed by atoms with Gasteiger partial charge in [-0.3, -0.25) is 9.59 Å². The quantitative estimate of drug-likeness (QED) is 0.625. The fraction of sp³-hybridized carbons (Fsp3) is 0.435. The average Bonchev–Trinajstić information content (AvgIpc) is 2.75. The van der Waals surface area contributed by atoms with Crippen molar-refractivity contribution in [2.45, 2.75) is 57.5 Å². The lowest BCUT2D eigenvalue weighted by Crippen LogP contribution is -2.56. The number of pyridine rings is 1. The molecule has 7 nitrogen and oxygen atoms in total. The molecule has 1 aliphatic rings. The number of hydrogen-bond donors (Lipinski definition) is 3. The molecule has 0 spiro atoms. The van der Waals surface area contributed by atoms with Gasteiger partial charge < -0.3 is 20.1 Å². The number of aliphatic carboxylic acids is 1. The summed E-state index contributed by atoms with van der Waals surface area (Å²) in [6, 6.07) is 7.12. The number of aryl methyl sites for hydroxylation is 1. The molecule has 8 heteroatoms. The minimum atomic E-state index is -1.37. The number of aliphatic hydroxyl groups is 1. The molecule has 0 aliphatic heterocycles. The minimum Gasteiger partial charge on any atom is -0.480 e. The highest BCUT2D eigenvalue weighted by Crippen LogP contribution is 2.29. The molecule has 0 atom stereocenters. The molecule has 1 aromatic carbocycles. The van der Waals surface area contributed by atoms with Crippen LogP contribution in [0.1, 0.15) is 59.3 Å².